The van der Waals surface area contributed by atoms with Gasteiger partial charge in [-0.1, -0.05) is 0 Å². The van der Waals surface area contributed by atoms with E-state index in [0.29, 0.717) is 16.8 Å². The fourth-order valence-electron chi connectivity index (χ4n) is 3.37. The molecule has 1 fully saturated rings. The molecule has 3 aromatic heterocycles. The van der Waals surface area contributed by atoms with E-state index >= 15 is 0 Å². The summed E-state index contributed by atoms with van der Waals surface area (Å²) in [6.07, 6.45) is -1.24. The quantitative estimate of drug-likeness (QED) is 0.651. The molecule has 1 aliphatic carbocycles. The Morgan fingerprint density at radius 1 is 1.31 bits per heavy atom. The maximum Gasteiger partial charge on any atom is 0.433 e. The molecule has 1 aliphatic rings. The van der Waals surface area contributed by atoms with Crippen LogP contribution in [-0.4, -0.2) is 42.2 Å². The minimum Gasteiger partial charge on any atom is -0.336 e. The maximum absolute atomic E-state index is 13.5. The zero-order chi connectivity index (χ0) is 20.9. The Hall–Kier alpha value is -2.91. The fourth-order valence-corrected chi connectivity index (χ4v) is 3.37. The van der Waals surface area contributed by atoms with Gasteiger partial charge in [0.05, 0.1) is 6.20 Å². The van der Waals surface area contributed by atoms with E-state index < -0.39 is 17.8 Å². The Morgan fingerprint density at radius 2 is 2.03 bits per heavy atom. The minimum absolute atomic E-state index is 0.0356. The molecular weight excluding hydrogens is 385 g/mol. The molecule has 0 saturated heterocycles. The van der Waals surface area contributed by atoms with Crippen LogP contribution in [0.3, 0.4) is 0 Å². The van der Waals surface area contributed by atoms with Crippen molar-refractivity contribution < 1.29 is 18.0 Å². The van der Waals surface area contributed by atoms with Gasteiger partial charge in [0, 0.05) is 49.1 Å². The van der Waals surface area contributed by atoms with Gasteiger partial charge in [0.2, 0.25) is 0 Å². The molecule has 0 atom stereocenters. The number of fused-ring (bicyclic) bond motifs is 1. The second-order valence-electron chi connectivity index (χ2n) is 7.37. The van der Waals surface area contributed by atoms with E-state index in [4.69, 9.17) is 0 Å². The number of aryl methyl sites for hydroxylation is 1. The number of halogens is 3. The van der Waals surface area contributed by atoms with Crippen LogP contribution in [0.4, 0.5) is 13.2 Å². The number of hydrogen-bond acceptors (Lipinski definition) is 4. The second kappa shape index (κ2) is 6.85. The second-order valence-corrected chi connectivity index (χ2v) is 7.37. The van der Waals surface area contributed by atoms with Gasteiger partial charge in [-0.15, -0.1) is 0 Å². The van der Waals surface area contributed by atoms with Crippen LogP contribution >= 0.6 is 0 Å². The highest BCUT2D eigenvalue weighted by atomic mass is 19.4. The molecular formula is C19H21F3N6O. The normalized spacial score (nSPS) is 14.6. The van der Waals surface area contributed by atoms with Crippen LogP contribution in [0.5, 0.6) is 0 Å². The predicted molar refractivity (Wildman–Crippen MR) is 98.4 cm³/mol. The fraction of sp³-hybridized carbons (Fsp3) is 0.474. The number of rotatable bonds is 5. The minimum atomic E-state index is -4.59. The monoisotopic (exact) mass is 406 g/mol. The summed E-state index contributed by atoms with van der Waals surface area (Å²) in [6, 6.07) is 2.36. The van der Waals surface area contributed by atoms with Crippen LogP contribution in [0.25, 0.3) is 5.65 Å². The zero-order valence-electron chi connectivity index (χ0n) is 16.4. The molecule has 0 spiro atoms. The Kier molecular flexibility index (Phi) is 4.59. The summed E-state index contributed by atoms with van der Waals surface area (Å²) in [7, 11) is 1.59. The van der Waals surface area contributed by atoms with Crippen LogP contribution in [0.1, 0.15) is 58.8 Å². The number of nitrogens with zero attached hydrogens (tertiary/aromatic N) is 6. The lowest BCUT2D eigenvalue weighted by Gasteiger charge is -2.15. The van der Waals surface area contributed by atoms with Crippen molar-refractivity contribution in [3.8, 4) is 0 Å². The van der Waals surface area contributed by atoms with E-state index in [2.05, 4.69) is 15.2 Å². The smallest absolute Gasteiger partial charge is 0.336 e. The third-order valence-electron chi connectivity index (χ3n) is 5.21. The van der Waals surface area contributed by atoms with Crippen molar-refractivity contribution in [1.29, 1.82) is 0 Å². The molecule has 0 bridgehead atoms. The van der Waals surface area contributed by atoms with E-state index in [1.54, 1.807) is 13.2 Å². The average Bonchev–Trinajstić information content (AvgIpc) is 3.34. The van der Waals surface area contributed by atoms with E-state index in [0.717, 1.165) is 30.2 Å². The zero-order valence-corrected chi connectivity index (χ0v) is 16.4. The molecule has 0 aliphatic heterocycles. The molecule has 0 aromatic carbocycles. The lowest BCUT2D eigenvalue weighted by molar-refractivity contribution is -0.142. The van der Waals surface area contributed by atoms with Gasteiger partial charge in [-0.3, -0.25) is 9.48 Å². The first-order chi connectivity index (χ1) is 13.7. The van der Waals surface area contributed by atoms with Gasteiger partial charge in [0.25, 0.3) is 5.91 Å². The summed E-state index contributed by atoms with van der Waals surface area (Å²) in [5.74, 6) is -0.420. The maximum atomic E-state index is 13.5. The Bertz CT molecular complexity index is 1080. The summed E-state index contributed by atoms with van der Waals surface area (Å²) in [5.41, 5.74) is 1.27. The van der Waals surface area contributed by atoms with Crippen molar-refractivity contribution in [3.63, 3.8) is 0 Å². The number of alkyl halides is 3. The van der Waals surface area contributed by atoms with E-state index in [1.165, 1.54) is 11.0 Å². The molecule has 4 rings (SSSR count). The highest BCUT2D eigenvalue weighted by molar-refractivity contribution is 5.93. The number of aromatic nitrogens is 5. The highest BCUT2D eigenvalue weighted by Gasteiger charge is 2.37. The van der Waals surface area contributed by atoms with Crippen molar-refractivity contribution in [3.05, 3.63) is 46.7 Å². The number of hydrogen-bond donors (Lipinski definition) is 0. The van der Waals surface area contributed by atoms with Gasteiger partial charge in [-0.25, -0.2) is 9.50 Å². The Labute approximate surface area is 165 Å². The van der Waals surface area contributed by atoms with Gasteiger partial charge in [0.15, 0.2) is 11.3 Å². The molecule has 154 valence electrons. The molecule has 0 radical (unpaired) electrons. The molecule has 3 aromatic rings. The van der Waals surface area contributed by atoms with E-state index in [-0.39, 0.29) is 23.8 Å². The number of carbonyl (C=O) groups is 1. The molecule has 3 heterocycles. The molecule has 0 N–H and O–H groups in total. The standard InChI is InChI=1S/C19H21F3N6O/c1-4-27-11(2)13(9-23-27)10-26(3)18(29)15-8-17-24-14(12-5-6-12)7-16(19(20,21)22)28(17)25-15/h7-9,12H,4-6,10H2,1-3H3. The largest absolute Gasteiger partial charge is 0.433 e. The predicted octanol–water partition coefficient (Wildman–Crippen LogP) is 3.42. The number of carbonyl (C=O) groups excluding carboxylic acids is 1. The van der Waals surface area contributed by atoms with Crippen molar-refractivity contribution in [2.75, 3.05) is 7.05 Å². The van der Waals surface area contributed by atoms with Crippen LogP contribution in [0.2, 0.25) is 0 Å². The van der Waals surface area contributed by atoms with Gasteiger partial charge in [0.1, 0.15) is 5.69 Å². The van der Waals surface area contributed by atoms with Gasteiger partial charge >= 0.3 is 6.18 Å². The lowest BCUT2D eigenvalue weighted by atomic mass is 10.2. The summed E-state index contributed by atoms with van der Waals surface area (Å²) < 4.78 is 43.1. The highest BCUT2D eigenvalue weighted by Crippen LogP contribution is 2.41. The van der Waals surface area contributed by atoms with E-state index in [9.17, 15) is 18.0 Å². The van der Waals surface area contributed by atoms with Crippen molar-refractivity contribution in [2.45, 2.75) is 51.9 Å². The first-order valence-electron chi connectivity index (χ1n) is 9.43. The van der Waals surface area contributed by atoms with Crippen molar-refractivity contribution >= 4 is 11.6 Å². The van der Waals surface area contributed by atoms with Gasteiger partial charge < -0.3 is 4.90 Å². The SMILES string of the molecule is CCn1ncc(CN(C)C(=O)c2cc3nc(C4CC4)cc(C(F)(F)F)n3n2)c1C. The average molecular weight is 406 g/mol. The molecule has 29 heavy (non-hydrogen) atoms. The van der Waals surface area contributed by atoms with Crippen molar-refractivity contribution in [2.24, 2.45) is 0 Å². The molecule has 0 unspecified atom stereocenters. The van der Waals surface area contributed by atoms with Crippen molar-refractivity contribution in [1.82, 2.24) is 29.3 Å². The first-order valence-corrected chi connectivity index (χ1v) is 9.43. The molecule has 1 amide bonds. The third kappa shape index (κ3) is 3.58. The Balaban J connectivity index is 1.66. The van der Waals surface area contributed by atoms with Crippen LogP contribution in [0, 0.1) is 6.92 Å². The molecule has 10 heteroatoms. The van der Waals surface area contributed by atoms with Crippen LogP contribution < -0.4 is 0 Å². The molecule has 1 saturated carbocycles. The summed E-state index contributed by atoms with van der Waals surface area (Å²) in [6.45, 7) is 4.88. The van der Waals surface area contributed by atoms with Crippen LogP contribution in [-0.2, 0) is 19.3 Å². The molecule has 7 nitrogen and oxygen atoms in total. The van der Waals surface area contributed by atoms with Gasteiger partial charge in [-0.2, -0.15) is 23.4 Å². The van der Waals surface area contributed by atoms with Crippen LogP contribution in [0.15, 0.2) is 18.3 Å². The topological polar surface area (TPSA) is 68.3 Å². The first kappa shape index (κ1) is 19.4. The lowest BCUT2D eigenvalue weighted by Crippen LogP contribution is -2.27. The van der Waals surface area contributed by atoms with Gasteiger partial charge in [-0.05, 0) is 32.8 Å². The third-order valence-corrected chi connectivity index (χ3v) is 5.21. The number of amides is 1. The van der Waals surface area contributed by atoms with E-state index in [1.807, 2.05) is 18.5 Å². The summed E-state index contributed by atoms with van der Waals surface area (Å²) in [4.78, 5) is 18.5. The summed E-state index contributed by atoms with van der Waals surface area (Å²) in [5, 5.41) is 8.18. The Morgan fingerprint density at radius 3 is 2.62 bits per heavy atom. The summed E-state index contributed by atoms with van der Waals surface area (Å²) >= 11 is 0.